The molecule has 3 aromatic rings. The summed E-state index contributed by atoms with van der Waals surface area (Å²) in [4.78, 5) is 0. The Morgan fingerprint density at radius 3 is 2.70 bits per heavy atom. The van der Waals surface area contributed by atoms with E-state index in [2.05, 4.69) is 15.3 Å². The van der Waals surface area contributed by atoms with Crippen LogP contribution in [0.5, 0.6) is 5.75 Å². The Bertz CT molecular complexity index is 899. The van der Waals surface area contributed by atoms with Gasteiger partial charge < -0.3 is 4.74 Å². The number of halogens is 1. The van der Waals surface area contributed by atoms with E-state index in [0.717, 1.165) is 11.1 Å². The second-order valence-electron chi connectivity index (χ2n) is 4.66. The third-order valence-corrected chi connectivity index (χ3v) is 3.71. The van der Waals surface area contributed by atoms with E-state index >= 15 is 0 Å². The summed E-state index contributed by atoms with van der Waals surface area (Å²) in [6, 6.07) is 14.9. The van der Waals surface area contributed by atoms with E-state index in [-0.39, 0.29) is 0 Å². The summed E-state index contributed by atoms with van der Waals surface area (Å²) in [6.45, 7) is 0. The van der Waals surface area contributed by atoms with Crippen LogP contribution >= 0.6 is 23.8 Å². The monoisotopic (exact) mass is 344 g/mol. The maximum atomic E-state index is 5.88. The molecule has 0 unspecified atom stereocenters. The number of nitrogens with one attached hydrogen (secondary N) is 1. The highest BCUT2D eigenvalue weighted by atomic mass is 35.5. The van der Waals surface area contributed by atoms with Crippen LogP contribution in [0.15, 0.2) is 53.6 Å². The summed E-state index contributed by atoms with van der Waals surface area (Å²) in [5, 5.41) is 12.1. The van der Waals surface area contributed by atoms with Gasteiger partial charge in [-0.05, 0) is 42.0 Å². The van der Waals surface area contributed by atoms with Crippen LogP contribution in [0.3, 0.4) is 0 Å². The Morgan fingerprint density at radius 2 is 1.96 bits per heavy atom. The van der Waals surface area contributed by atoms with E-state index in [9.17, 15) is 0 Å². The van der Waals surface area contributed by atoms with E-state index < -0.39 is 0 Å². The first kappa shape index (κ1) is 15.5. The minimum absolute atomic E-state index is 0.399. The standard InChI is InChI=1S/C16H13ClN4OS/c1-22-14-5-3-2-4-13(14)15-19-20-16(23)21(15)18-10-11-6-8-12(17)9-7-11/h2-10H,1H3,(H,20,23)/b18-10-. The van der Waals surface area contributed by atoms with Gasteiger partial charge in [0.05, 0.1) is 18.9 Å². The van der Waals surface area contributed by atoms with Gasteiger partial charge in [0.1, 0.15) is 5.75 Å². The highest BCUT2D eigenvalue weighted by Crippen LogP contribution is 2.28. The van der Waals surface area contributed by atoms with Crippen molar-refractivity contribution in [1.29, 1.82) is 0 Å². The first-order chi connectivity index (χ1) is 11.2. The van der Waals surface area contributed by atoms with Gasteiger partial charge in [-0.2, -0.15) is 14.9 Å². The van der Waals surface area contributed by atoms with Gasteiger partial charge >= 0.3 is 0 Å². The molecule has 0 bridgehead atoms. The summed E-state index contributed by atoms with van der Waals surface area (Å²) in [7, 11) is 1.61. The molecular weight excluding hydrogens is 332 g/mol. The van der Waals surface area contributed by atoms with Crippen LogP contribution < -0.4 is 4.74 Å². The molecule has 1 N–H and O–H groups in total. The van der Waals surface area contributed by atoms with Crippen molar-refractivity contribution in [2.45, 2.75) is 0 Å². The van der Waals surface area contributed by atoms with Crippen LogP contribution in [0.4, 0.5) is 0 Å². The first-order valence-electron chi connectivity index (χ1n) is 6.80. The van der Waals surface area contributed by atoms with Gasteiger partial charge in [0.2, 0.25) is 4.77 Å². The van der Waals surface area contributed by atoms with Gasteiger partial charge in [0, 0.05) is 5.02 Å². The van der Waals surface area contributed by atoms with Crippen LogP contribution in [0.25, 0.3) is 11.4 Å². The van der Waals surface area contributed by atoms with Gasteiger partial charge in [-0.25, -0.2) is 5.10 Å². The second-order valence-corrected chi connectivity index (χ2v) is 5.48. The molecule has 0 saturated carbocycles. The number of H-pyrrole nitrogens is 1. The number of rotatable bonds is 4. The van der Waals surface area contributed by atoms with Crippen LogP contribution in [0.1, 0.15) is 5.56 Å². The smallest absolute Gasteiger partial charge is 0.216 e. The molecule has 0 radical (unpaired) electrons. The number of para-hydroxylation sites is 1. The van der Waals surface area contributed by atoms with Crippen molar-refractivity contribution in [2.24, 2.45) is 5.10 Å². The van der Waals surface area contributed by atoms with Gasteiger partial charge in [0.25, 0.3) is 0 Å². The fourth-order valence-electron chi connectivity index (χ4n) is 2.08. The lowest BCUT2D eigenvalue weighted by Crippen LogP contribution is -1.97. The third-order valence-electron chi connectivity index (χ3n) is 3.19. The van der Waals surface area contributed by atoms with E-state index in [4.69, 9.17) is 28.6 Å². The molecule has 0 fully saturated rings. The molecule has 5 nitrogen and oxygen atoms in total. The second kappa shape index (κ2) is 6.76. The molecule has 0 saturated heterocycles. The van der Waals surface area contributed by atoms with Crippen LogP contribution in [-0.4, -0.2) is 28.2 Å². The SMILES string of the molecule is COc1ccccc1-c1n[nH]c(=S)n1/N=C\c1ccc(Cl)cc1. The lowest BCUT2D eigenvalue weighted by molar-refractivity contribution is 0.416. The number of ether oxygens (including phenoxy) is 1. The lowest BCUT2D eigenvalue weighted by Gasteiger charge is -2.06. The first-order valence-corrected chi connectivity index (χ1v) is 7.58. The molecule has 3 rings (SSSR count). The average Bonchev–Trinajstić information content (AvgIpc) is 2.95. The summed E-state index contributed by atoms with van der Waals surface area (Å²) < 4.78 is 7.33. The Labute approximate surface area is 143 Å². The molecule has 7 heteroatoms. The van der Waals surface area contributed by atoms with Gasteiger partial charge in [-0.3, -0.25) is 0 Å². The van der Waals surface area contributed by atoms with Crippen LogP contribution in [0, 0.1) is 4.77 Å². The minimum Gasteiger partial charge on any atom is -0.496 e. The molecule has 2 aromatic carbocycles. The number of aromatic amines is 1. The maximum absolute atomic E-state index is 5.88. The molecule has 0 atom stereocenters. The summed E-state index contributed by atoms with van der Waals surface area (Å²) >= 11 is 11.1. The lowest BCUT2D eigenvalue weighted by atomic mass is 10.2. The normalized spacial score (nSPS) is 11.0. The number of nitrogens with zero attached hydrogens (tertiary/aromatic N) is 3. The zero-order valence-electron chi connectivity index (χ0n) is 12.2. The number of aromatic nitrogens is 3. The van der Waals surface area contributed by atoms with E-state index in [1.54, 1.807) is 30.1 Å². The van der Waals surface area contributed by atoms with Crippen molar-refractivity contribution in [3.8, 4) is 17.1 Å². The highest BCUT2D eigenvalue weighted by molar-refractivity contribution is 7.71. The van der Waals surface area contributed by atoms with Crippen molar-refractivity contribution >= 4 is 30.0 Å². The largest absolute Gasteiger partial charge is 0.496 e. The van der Waals surface area contributed by atoms with Crippen molar-refractivity contribution < 1.29 is 4.74 Å². The van der Waals surface area contributed by atoms with Crippen molar-refractivity contribution in [3.05, 3.63) is 63.9 Å². The topological polar surface area (TPSA) is 55.2 Å². The fourth-order valence-corrected chi connectivity index (χ4v) is 2.38. The van der Waals surface area contributed by atoms with Crippen molar-refractivity contribution in [2.75, 3.05) is 7.11 Å². The zero-order chi connectivity index (χ0) is 16.2. The molecule has 1 aromatic heterocycles. The number of hydrogen-bond donors (Lipinski definition) is 1. The zero-order valence-corrected chi connectivity index (χ0v) is 13.8. The molecule has 0 aliphatic rings. The highest BCUT2D eigenvalue weighted by Gasteiger charge is 2.12. The van der Waals surface area contributed by atoms with Gasteiger partial charge in [0.15, 0.2) is 5.82 Å². The van der Waals surface area contributed by atoms with Crippen LogP contribution in [-0.2, 0) is 0 Å². The Kier molecular flexibility index (Phi) is 4.55. The van der Waals surface area contributed by atoms with E-state index in [1.165, 1.54) is 0 Å². The van der Waals surface area contributed by atoms with Gasteiger partial charge in [-0.1, -0.05) is 35.9 Å². The van der Waals surface area contributed by atoms with Crippen LogP contribution in [0.2, 0.25) is 5.02 Å². The molecule has 116 valence electrons. The predicted octanol–water partition coefficient (Wildman–Crippen LogP) is 4.15. The van der Waals surface area contributed by atoms with Gasteiger partial charge in [-0.15, -0.1) is 0 Å². The average molecular weight is 345 g/mol. The molecule has 0 aliphatic heterocycles. The fraction of sp³-hybridized carbons (Fsp3) is 0.0625. The number of benzene rings is 2. The van der Waals surface area contributed by atoms with Crippen molar-refractivity contribution in [1.82, 2.24) is 14.9 Å². The summed E-state index contributed by atoms with van der Waals surface area (Å²) in [5.41, 5.74) is 1.71. The molecule has 23 heavy (non-hydrogen) atoms. The third kappa shape index (κ3) is 3.33. The minimum atomic E-state index is 0.399. The maximum Gasteiger partial charge on any atom is 0.216 e. The number of hydrogen-bond acceptors (Lipinski definition) is 4. The van der Waals surface area contributed by atoms with Crippen molar-refractivity contribution in [3.63, 3.8) is 0 Å². The molecular formula is C16H13ClN4OS. The predicted molar refractivity (Wildman–Crippen MR) is 93.8 cm³/mol. The molecule has 0 amide bonds. The Balaban J connectivity index is 2.02. The molecule has 0 spiro atoms. The van der Waals surface area contributed by atoms with E-state index in [0.29, 0.717) is 21.4 Å². The number of methoxy groups -OCH3 is 1. The molecule has 0 aliphatic carbocycles. The molecule has 1 heterocycles. The summed E-state index contributed by atoms with van der Waals surface area (Å²) in [5.74, 6) is 1.28. The van der Waals surface area contributed by atoms with E-state index in [1.807, 2.05) is 36.4 Å². The quantitative estimate of drug-likeness (QED) is 0.571. The Hall–Kier alpha value is -2.44. The Morgan fingerprint density at radius 1 is 1.22 bits per heavy atom. The summed E-state index contributed by atoms with van der Waals surface area (Å²) in [6.07, 6.45) is 1.70.